The number of benzene rings is 1. The Morgan fingerprint density at radius 1 is 1.30 bits per heavy atom. The SMILES string of the molecule is CCC(=O)N[C@H]1CC2(O)C(C)N(CC3CC3)CC[C@]2(c2cc(O)ccc2C)CC1O. The van der Waals surface area contributed by atoms with E-state index in [2.05, 4.69) is 17.1 Å². The molecule has 1 saturated heterocycles. The number of aliphatic hydroxyl groups excluding tert-OH is 1. The zero-order chi connectivity index (χ0) is 21.7. The molecule has 30 heavy (non-hydrogen) atoms. The summed E-state index contributed by atoms with van der Waals surface area (Å²) in [5.74, 6) is 0.786. The van der Waals surface area contributed by atoms with Gasteiger partial charge in [-0.15, -0.1) is 0 Å². The molecule has 2 saturated carbocycles. The summed E-state index contributed by atoms with van der Waals surface area (Å²) < 4.78 is 0. The van der Waals surface area contributed by atoms with E-state index in [0.717, 1.165) is 36.6 Å². The number of carbonyl (C=O) groups excluding carboxylic acids is 1. The number of aromatic hydroxyl groups is 1. The standard InChI is InChI=1S/C24H36N2O4/c1-4-22(29)25-20-12-24(30)16(3)26(14-17-6-7-17)10-9-23(24,13-21(20)28)19-11-18(27)8-5-15(19)2/h5,8,11,16-17,20-21,27-28,30H,4,6-7,9-10,12-14H2,1-3H3,(H,25,29)/t16?,20-,21?,23+,24?/m0/s1. The van der Waals surface area contributed by atoms with E-state index in [4.69, 9.17) is 0 Å². The topological polar surface area (TPSA) is 93.0 Å². The van der Waals surface area contributed by atoms with Gasteiger partial charge in [-0.05, 0) is 75.3 Å². The van der Waals surface area contributed by atoms with Crippen LogP contribution in [0.25, 0.3) is 0 Å². The van der Waals surface area contributed by atoms with Crippen LogP contribution >= 0.6 is 0 Å². The van der Waals surface area contributed by atoms with Crippen molar-refractivity contribution in [3.63, 3.8) is 0 Å². The van der Waals surface area contributed by atoms with Gasteiger partial charge in [-0.1, -0.05) is 13.0 Å². The van der Waals surface area contributed by atoms with Crippen LogP contribution in [-0.4, -0.2) is 63.0 Å². The number of fused-ring (bicyclic) bond motifs is 1. The second-order valence-corrected chi connectivity index (χ2v) is 9.87. The van der Waals surface area contributed by atoms with E-state index in [0.29, 0.717) is 19.3 Å². The lowest BCUT2D eigenvalue weighted by Gasteiger charge is -2.62. The molecule has 0 bridgehead atoms. The van der Waals surface area contributed by atoms with Crippen LogP contribution in [0, 0.1) is 12.8 Å². The molecule has 0 radical (unpaired) electrons. The van der Waals surface area contributed by atoms with Gasteiger partial charge in [0.15, 0.2) is 0 Å². The van der Waals surface area contributed by atoms with E-state index < -0.39 is 23.2 Å². The van der Waals surface area contributed by atoms with Gasteiger partial charge in [-0.3, -0.25) is 9.69 Å². The highest BCUT2D eigenvalue weighted by molar-refractivity contribution is 5.76. The summed E-state index contributed by atoms with van der Waals surface area (Å²) in [5.41, 5.74) is 0.144. The van der Waals surface area contributed by atoms with Crippen LogP contribution in [0.1, 0.15) is 63.5 Å². The molecule has 1 heterocycles. The summed E-state index contributed by atoms with van der Waals surface area (Å²) in [5, 5.41) is 36.6. The van der Waals surface area contributed by atoms with Crippen molar-refractivity contribution in [1.29, 1.82) is 0 Å². The third-order valence-electron chi connectivity index (χ3n) is 8.04. The molecule has 3 aliphatic rings. The van der Waals surface area contributed by atoms with Crippen molar-refractivity contribution < 1.29 is 20.1 Å². The molecule has 6 nitrogen and oxygen atoms in total. The quantitative estimate of drug-likeness (QED) is 0.591. The molecule has 1 aromatic rings. The normalized spacial score (nSPS) is 36.9. The number of hydrogen-bond acceptors (Lipinski definition) is 5. The first-order valence-electron chi connectivity index (χ1n) is 11.4. The first-order valence-corrected chi connectivity index (χ1v) is 11.4. The molecule has 1 aliphatic heterocycles. The van der Waals surface area contributed by atoms with Gasteiger partial charge in [-0.25, -0.2) is 0 Å². The molecule has 3 fully saturated rings. The van der Waals surface area contributed by atoms with Crippen molar-refractivity contribution in [2.24, 2.45) is 5.92 Å². The van der Waals surface area contributed by atoms with Gasteiger partial charge < -0.3 is 20.6 Å². The van der Waals surface area contributed by atoms with Crippen LogP contribution in [-0.2, 0) is 10.2 Å². The highest BCUT2D eigenvalue weighted by Crippen LogP contribution is 2.55. The molecule has 4 rings (SSSR count). The van der Waals surface area contributed by atoms with Crippen molar-refractivity contribution in [2.75, 3.05) is 13.1 Å². The summed E-state index contributed by atoms with van der Waals surface area (Å²) in [7, 11) is 0. The smallest absolute Gasteiger partial charge is 0.220 e. The van der Waals surface area contributed by atoms with Gasteiger partial charge in [0.25, 0.3) is 0 Å². The number of nitrogens with one attached hydrogen (secondary N) is 1. The third-order valence-corrected chi connectivity index (χ3v) is 8.04. The first-order chi connectivity index (χ1) is 14.2. The van der Waals surface area contributed by atoms with Crippen LogP contribution in [0.2, 0.25) is 0 Å². The summed E-state index contributed by atoms with van der Waals surface area (Å²) in [4.78, 5) is 14.5. The van der Waals surface area contributed by atoms with E-state index in [1.165, 1.54) is 12.8 Å². The Morgan fingerprint density at radius 2 is 2.03 bits per heavy atom. The van der Waals surface area contributed by atoms with E-state index >= 15 is 0 Å². The summed E-state index contributed by atoms with van der Waals surface area (Å²) in [6.45, 7) is 7.73. The lowest BCUT2D eigenvalue weighted by molar-refractivity contribution is -0.180. The fraction of sp³-hybridized carbons (Fsp3) is 0.708. The van der Waals surface area contributed by atoms with Crippen molar-refractivity contribution in [2.45, 2.75) is 88.5 Å². The molecule has 0 aromatic heterocycles. The molecule has 6 heteroatoms. The predicted molar refractivity (Wildman–Crippen MR) is 115 cm³/mol. The van der Waals surface area contributed by atoms with Gasteiger partial charge in [0, 0.05) is 30.8 Å². The minimum atomic E-state index is -1.12. The molecule has 1 amide bonds. The zero-order valence-electron chi connectivity index (χ0n) is 18.4. The largest absolute Gasteiger partial charge is 0.508 e. The molecule has 3 unspecified atom stereocenters. The number of phenolic OH excluding ortho intramolecular Hbond substituents is 1. The Bertz CT molecular complexity index is 810. The van der Waals surface area contributed by atoms with E-state index in [1.807, 2.05) is 13.0 Å². The molecule has 0 spiro atoms. The van der Waals surface area contributed by atoms with Gasteiger partial charge in [0.05, 0.1) is 17.7 Å². The number of nitrogens with zero attached hydrogens (tertiary/aromatic N) is 1. The van der Waals surface area contributed by atoms with Crippen LogP contribution in [0.3, 0.4) is 0 Å². The Morgan fingerprint density at radius 3 is 2.70 bits per heavy atom. The highest BCUT2D eigenvalue weighted by Gasteiger charge is 2.63. The fourth-order valence-corrected chi connectivity index (χ4v) is 6.00. The third kappa shape index (κ3) is 3.53. The van der Waals surface area contributed by atoms with Gasteiger partial charge in [0.1, 0.15) is 5.75 Å². The van der Waals surface area contributed by atoms with E-state index in [9.17, 15) is 20.1 Å². The number of likely N-dealkylation sites (tertiary alicyclic amines) is 1. The zero-order valence-corrected chi connectivity index (χ0v) is 18.4. The lowest BCUT2D eigenvalue weighted by atomic mass is 9.52. The maximum atomic E-state index is 12.4. The molecule has 166 valence electrons. The van der Waals surface area contributed by atoms with Gasteiger partial charge in [0.2, 0.25) is 5.91 Å². The Labute approximate surface area is 179 Å². The highest BCUT2D eigenvalue weighted by atomic mass is 16.3. The average Bonchev–Trinajstić information content (AvgIpc) is 3.52. The molecular weight excluding hydrogens is 380 g/mol. The molecule has 5 atom stereocenters. The number of hydrogen-bond donors (Lipinski definition) is 4. The number of piperidine rings is 1. The summed E-state index contributed by atoms with van der Waals surface area (Å²) in [6, 6.07) is 4.74. The van der Waals surface area contributed by atoms with E-state index in [-0.39, 0.29) is 17.7 Å². The molecule has 2 aliphatic carbocycles. The predicted octanol–water partition coefficient (Wildman–Crippen LogP) is 2.22. The Hall–Kier alpha value is -1.63. The van der Waals surface area contributed by atoms with Crippen molar-refractivity contribution >= 4 is 5.91 Å². The first kappa shape index (κ1) is 21.6. The van der Waals surface area contributed by atoms with E-state index in [1.54, 1.807) is 19.1 Å². The number of amides is 1. The number of rotatable bonds is 5. The Balaban J connectivity index is 1.76. The summed E-state index contributed by atoms with van der Waals surface area (Å²) >= 11 is 0. The van der Waals surface area contributed by atoms with Gasteiger partial charge in [-0.2, -0.15) is 0 Å². The number of phenols is 1. The number of carbonyl (C=O) groups is 1. The number of aryl methyl sites for hydroxylation is 1. The fourth-order valence-electron chi connectivity index (χ4n) is 6.00. The second kappa shape index (κ2) is 7.81. The lowest BCUT2D eigenvalue weighted by Crippen LogP contribution is -2.73. The van der Waals surface area contributed by atoms with Crippen LogP contribution in [0.5, 0.6) is 5.75 Å². The van der Waals surface area contributed by atoms with Crippen molar-refractivity contribution in [3.8, 4) is 5.75 Å². The molecule has 4 N–H and O–H groups in total. The minimum absolute atomic E-state index is 0.109. The average molecular weight is 417 g/mol. The number of aliphatic hydroxyl groups is 2. The minimum Gasteiger partial charge on any atom is -0.508 e. The van der Waals surface area contributed by atoms with Crippen LogP contribution in [0.4, 0.5) is 0 Å². The summed E-state index contributed by atoms with van der Waals surface area (Å²) in [6.07, 6.45) is 3.50. The molecular formula is C24H36N2O4. The van der Waals surface area contributed by atoms with Crippen LogP contribution < -0.4 is 5.32 Å². The van der Waals surface area contributed by atoms with Crippen LogP contribution in [0.15, 0.2) is 18.2 Å². The van der Waals surface area contributed by atoms with Crippen molar-refractivity contribution in [3.05, 3.63) is 29.3 Å². The maximum absolute atomic E-state index is 12.4. The van der Waals surface area contributed by atoms with Gasteiger partial charge >= 0.3 is 0 Å². The monoisotopic (exact) mass is 416 g/mol. The maximum Gasteiger partial charge on any atom is 0.220 e. The Kier molecular flexibility index (Phi) is 5.62. The van der Waals surface area contributed by atoms with Crippen molar-refractivity contribution in [1.82, 2.24) is 10.2 Å². The second-order valence-electron chi connectivity index (χ2n) is 9.87. The molecule has 1 aromatic carbocycles.